The van der Waals surface area contributed by atoms with E-state index in [1.165, 1.54) is 0 Å². The van der Waals surface area contributed by atoms with Crippen LogP contribution in [0.3, 0.4) is 0 Å². The van der Waals surface area contributed by atoms with Gasteiger partial charge in [-0.25, -0.2) is 0 Å². The minimum absolute atomic E-state index is 0.0451. The molecule has 84 valence electrons. The fourth-order valence-electron chi connectivity index (χ4n) is 2.68. The Morgan fingerprint density at radius 1 is 1.29 bits per heavy atom. The number of hydrogen-bond acceptors (Lipinski definition) is 3. The van der Waals surface area contributed by atoms with Crippen molar-refractivity contribution in [2.45, 2.75) is 45.9 Å². The molecule has 0 saturated carbocycles. The van der Waals surface area contributed by atoms with Gasteiger partial charge < -0.3 is 10.2 Å². The fraction of sp³-hybridized carbons (Fsp3) is 1.00. The Morgan fingerprint density at radius 3 is 2.21 bits per heavy atom. The van der Waals surface area contributed by atoms with Crippen molar-refractivity contribution >= 4 is 0 Å². The molecule has 0 bridgehead atoms. The lowest BCUT2D eigenvalue weighted by Gasteiger charge is -2.53. The molecule has 1 fully saturated rings. The summed E-state index contributed by atoms with van der Waals surface area (Å²) in [5.74, 6) is 0.248. The molecule has 1 aliphatic heterocycles. The molecule has 1 aliphatic rings. The number of aliphatic hydroxyl groups excluding tert-OH is 2. The molecule has 4 atom stereocenters. The molecule has 0 spiro atoms. The van der Waals surface area contributed by atoms with Crippen molar-refractivity contribution in [1.29, 1.82) is 0 Å². The Kier molecular flexibility index (Phi) is 3.24. The lowest BCUT2D eigenvalue weighted by Crippen LogP contribution is -2.63. The molecule has 1 heterocycles. The van der Waals surface area contributed by atoms with Crippen LogP contribution in [0.5, 0.6) is 0 Å². The predicted molar refractivity (Wildman–Crippen MR) is 57.1 cm³/mol. The number of piperidine rings is 1. The van der Waals surface area contributed by atoms with Gasteiger partial charge in [-0.15, -0.1) is 0 Å². The van der Waals surface area contributed by atoms with E-state index in [9.17, 15) is 10.2 Å². The highest BCUT2D eigenvalue weighted by Gasteiger charge is 2.48. The van der Waals surface area contributed by atoms with Gasteiger partial charge in [0.15, 0.2) is 0 Å². The summed E-state index contributed by atoms with van der Waals surface area (Å²) in [5, 5.41) is 19.5. The van der Waals surface area contributed by atoms with Gasteiger partial charge in [0.05, 0.1) is 12.7 Å². The molecular formula is C11H23NO2. The van der Waals surface area contributed by atoms with Gasteiger partial charge in [0.1, 0.15) is 0 Å². The van der Waals surface area contributed by atoms with Crippen LogP contribution in [0, 0.1) is 11.3 Å². The monoisotopic (exact) mass is 201 g/mol. The lowest BCUT2D eigenvalue weighted by molar-refractivity contribution is -0.129. The maximum atomic E-state index is 10.2. The Bertz CT molecular complexity index is 205. The second-order valence-corrected chi connectivity index (χ2v) is 5.23. The molecule has 0 aromatic carbocycles. The van der Waals surface area contributed by atoms with E-state index < -0.39 is 0 Å². The average molecular weight is 201 g/mol. The third-order valence-electron chi connectivity index (χ3n) is 4.19. The second-order valence-electron chi connectivity index (χ2n) is 5.23. The summed E-state index contributed by atoms with van der Waals surface area (Å²) in [7, 11) is 2.02. The standard InChI is InChI=1S/C11H23NO2/c1-7-8(2)12(5)9(6-13)11(3,4)10(7)14/h7-10,13-14H,6H2,1-5H3/t7?,8-,9?,10?/m1/s1. The molecule has 1 rings (SSSR count). The molecule has 3 unspecified atom stereocenters. The summed E-state index contributed by atoms with van der Waals surface area (Å²) in [6.07, 6.45) is -0.342. The maximum Gasteiger partial charge on any atom is 0.0647 e. The minimum atomic E-state index is -0.342. The lowest BCUT2D eigenvalue weighted by atomic mass is 9.68. The van der Waals surface area contributed by atoms with Crippen molar-refractivity contribution in [3.63, 3.8) is 0 Å². The Morgan fingerprint density at radius 2 is 1.79 bits per heavy atom. The van der Waals surface area contributed by atoms with E-state index in [0.29, 0.717) is 6.04 Å². The second kappa shape index (κ2) is 3.80. The Balaban J connectivity index is 2.96. The summed E-state index contributed by atoms with van der Waals surface area (Å²) < 4.78 is 0. The van der Waals surface area contributed by atoms with Gasteiger partial charge in [-0.2, -0.15) is 0 Å². The third-order valence-corrected chi connectivity index (χ3v) is 4.19. The van der Waals surface area contributed by atoms with Crippen LogP contribution in [0.25, 0.3) is 0 Å². The van der Waals surface area contributed by atoms with E-state index in [4.69, 9.17) is 0 Å². The van der Waals surface area contributed by atoms with Crippen LogP contribution in [0.4, 0.5) is 0 Å². The van der Waals surface area contributed by atoms with E-state index in [1.54, 1.807) is 0 Å². The van der Waals surface area contributed by atoms with Gasteiger partial charge >= 0.3 is 0 Å². The van der Waals surface area contributed by atoms with Crippen molar-refractivity contribution in [2.75, 3.05) is 13.7 Å². The van der Waals surface area contributed by atoms with Gasteiger partial charge in [-0.05, 0) is 19.9 Å². The number of likely N-dealkylation sites (tertiary alicyclic amines) is 1. The first-order valence-corrected chi connectivity index (χ1v) is 5.35. The maximum absolute atomic E-state index is 10.2. The molecule has 0 aromatic heterocycles. The first kappa shape index (κ1) is 12.0. The van der Waals surface area contributed by atoms with Gasteiger partial charge in [0, 0.05) is 17.5 Å². The van der Waals surface area contributed by atoms with Crippen LogP contribution in [0.15, 0.2) is 0 Å². The zero-order chi connectivity index (χ0) is 11.1. The van der Waals surface area contributed by atoms with Crippen LogP contribution in [0.1, 0.15) is 27.7 Å². The highest BCUT2D eigenvalue weighted by Crippen LogP contribution is 2.40. The van der Waals surface area contributed by atoms with Crippen LogP contribution in [-0.2, 0) is 0 Å². The van der Waals surface area contributed by atoms with E-state index >= 15 is 0 Å². The summed E-state index contributed by atoms with van der Waals surface area (Å²) in [6.45, 7) is 8.33. The van der Waals surface area contributed by atoms with Gasteiger partial charge in [0.2, 0.25) is 0 Å². The topological polar surface area (TPSA) is 43.7 Å². The Hall–Kier alpha value is -0.120. The zero-order valence-corrected chi connectivity index (χ0v) is 9.86. The van der Waals surface area contributed by atoms with E-state index in [-0.39, 0.29) is 30.1 Å². The van der Waals surface area contributed by atoms with Crippen molar-refractivity contribution in [3.05, 3.63) is 0 Å². The first-order valence-electron chi connectivity index (χ1n) is 5.35. The number of rotatable bonds is 1. The molecule has 14 heavy (non-hydrogen) atoms. The normalized spacial score (nSPS) is 43.9. The number of nitrogens with zero attached hydrogens (tertiary/aromatic N) is 1. The number of hydrogen-bond donors (Lipinski definition) is 2. The third kappa shape index (κ3) is 1.58. The van der Waals surface area contributed by atoms with Crippen molar-refractivity contribution in [3.8, 4) is 0 Å². The SMILES string of the molecule is CC1C(O)C(C)(C)C(CO)N(C)[C@@H]1C. The molecule has 0 radical (unpaired) electrons. The molecule has 1 saturated heterocycles. The fourth-order valence-corrected chi connectivity index (χ4v) is 2.68. The summed E-state index contributed by atoms with van der Waals surface area (Å²) >= 11 is 0. The van der Waals surface area contributed by atoms with Crippen LogP contribution in [-0.4, -0.2) is 47.0 Å². The molecular weight excluding hydrogens is 178 g/mol. The molecule has 2 N–H and O–H groups in total. The van der Waals surface area contributed by atoms with Crippen LogP contribution < -0.4 is 0 Å². The van der Waals surface area contributed by atoms with Gasteiger partial charge in [0.25, 0.3) is 0 Å². The van der Waals surface area contributed by atoms with Gasteiger partial charge in [-0.1, -0.05) is 20.8 Å². The Labute approximate surface area is 86.7 Å². The molecule has 3 nitrogen and oxygen atoms in total. The van der Waals surface area contributed by atoms with E-state index in [1.807, 2.05) is 20.9 Å². The zero-order valence-electron chi connectivity index (χ0n) is 9.86. The largest absolute Gasteiger partial charge is 0.395 e. The summed E-state index contributed by atoms with van der Waals surface area (Å²) in [6, 6.07) is 0.360. The smallest absolute Gasteiger partial charge is 0.0647 e. The van der Waals surface area contributed by atoms with E-state index in [2.05, 4.69) is 18.7 Å². The van der Waals surface area contributed by atoms with Crippen molar-refractivity contribution < 1.29 is 10.2 Å². The average Bonchev–Trinajstić information content (AvgIpc) is 2.13. The van der Waals surface area contributed by atoms with Crippen LogP contribution in [0.2, 0.25) is 0 Å². The predicted octanol–water partition coefficient (Wildman–Crippen LogP) is 0.704. The van der Waals surface area contributed by atoms with Crippen molar-refractivity contribution in [2.24, 2.45) is 11.3 Å². The first-order chi connectivity index (χ1) is 6.34. The van der Waals surface area contributed by atoms with Gasteiger partial charge in [-0.3, -0.25) is 4.90 Å². The molecule has 0 aliphatic carbocycles. The summed E-state index contributed by atoms with van der Waals surface area (Å²) in [5.41, 5.74) is -0.241. The molecule has 3 heteroatoms. The van der Waals surface area contributed by atoms with Crippen LogP contribution >= 0.6 is 0 Å². The quantitative estimate of drug-likeness (QED) is 0.656. The minimum Gasteiger partial charge on any atom is -0.395 e. The molecule has 0 amide bonds. The number of aliphatic hydroxyl groups is 2. The summed E-state index contributed by atoms with van der Waals surface area (Å²) in [4.78, 5) is 2.18. The van der Waals surface area contributed by atoms with E-state index in [0.717, 1.165) is 0 Å². The number of likely N-dealkylation sites (N-methyl/N-ethyl adjacent to an activating group) is 1. The highest BCUT2D eigenvalue weighted by atomic mass is 16.3. The molecule has 0 aromatic rings. The van der Waals surface area contributed by atoms with Crippen molar-refractivity contribution in [1.82, 2.24) is 4.90 Å². The highest BCUT2D eigenvalue weighted by molar-refractivity contribution is 5.00.